The van der Waals surface area contributed by atoms with Crippen LogP contribution in [0.15, 0.2) is 22.7 Å². The third-order valence-corrected chi connectivity index (χ3v) is 4.90. The maximum atomic E-state index is 5.98. The quantitative estimate of drug-likeness (QED) is 0.892. The van der Waals surface area contributed by atoms with E-state index in [-0.39, 0.29) is 0 Å². The van der Waals surface area contributed by atoms with Gasteiger partial charge in [0.2, 0.25) is 0 Å². The molecule has 1 aromatic rings. The van der Waals surface area contributed by atoms with Gasteiger partial charge >= 0.3 is 0 Å². The van der Waals surface area contributed by atoms with Gasteiger partial charge in [0.1, 0.15) is 5.75 Å². The number of rotatable bonds is 5. The molecule has 0 amide bonds. The van der Waals surface area contributed by atoms with Crippen molar-refractivity contribution in [2.45, 2.75) is 38.8 Å². The third kappa shape index (κ3) is 3.74. The molecule has 0 bridgehead atoms. The summed E-state index contributed by atoms with van der Waals surface area (Å²) < 4.78 is 6.57. The summed E-state index contributed by atoms with van der Waals surface area (Å²) in [6.45, 7) is 5.08. The first-order chi connectivity index (χ1) is 9.67. The molecule has 0 saturated carbocycles. The molecule has 2 rings (SSSR count). The Morgan fingerprint density at radius 3 is 2.90 bits per heavy atom. The van der Waals surface area contributed by atoms with Crippen molar-refractivity contribution in [1.82, 2.24) is 4.90 Å². The molecule has 112 valence electrons. The number of piperidine rings is 1. The van der Waals surface area contributed by atoms with Gasteiger partial charge in [-0.25, -0.2) is 0 Å². The largest absolute Gasteiger partial charge is 0.496 e. The summed E-state index contributed by atoms with van der Waals surface area (Å²) in [4.78, 5) is 2.51. The van der Waals surface area contributed by atoms with Crippen LogP contribution >= 0.6 is 15.9 Å². The van der Waals surface area contributed by atoms with E-state index >= 15 is 0 Å². The number of benzene rings is 1. The van der Waals surface area contributed by atoms with Gasteiger partial charge in [0, 0.05) is 29.2 Å². The van der Waals surface area contributed by atoms with Crippen LogP contribution in [0.25, 0.3) is 0 Å². The summed E-state index contributed by atoms with van der Waals surface area (Å²) in [5, 5.41) is 0. The first-order valence-electron chi connectivity index (χ1n) is 7.44. The van der Waals surface area contributed by atoms with Gasteiger partial charge < -0.3 is 10.5 Å². The van der Waals surface area contributed by atoms with Crippen LogP contribution in [0.4, 0.5) is 0 Å². The molecule has 2 unspecified atom stereocenters. The van der Waals surface area contributed by atoms with E-state index in [1.54, 1.807) is 7.11 Å². The Balaban J connectivity index is 2.10. The molecule has 3 nitrogen and oxygen atoms in total. The van der Waals surface area contributed by atoms with Crippen LogP contribution < -0.4 is 10.5 Å². The van der Waals surface area contributed by atoms with Crippen molar-refractivity contribution in [3.05, 3.63) is 28.2 Å². The zero-order chi connectivity index (χ0) is 14.5. The Morgan fingerprint density at radius 2 is 2.25 bits per heavy atom. The Morgan fingerprint density at radius 1 is 1.45 bits per heavy atom. The van der Waals surface area contributed by atoms with E-state index in [1.165, 1.54) is 24.8 Å². The number of hydrogen-bond acceptors (Lipinski definition) is 3. The van der Waals surface area contributed by atoms with Crippen molar-refractivity contribution < 1.29 is 4.74 Å². The predicted octanol–water partition coefficient (Wildman–Crippen LogP) is 3.41. The molecule has 1 fully saturated rings. The molecule has 0 aromatic heterocycles. The highest BCUT2D eigenvalue weighted by atomic mass is 79.9. The van der Waals surface area contributed by atoms with E-state index in [1.807, 2.05) is 12.1 Å². The van der Waals surface area contributed by atoms with Crippen LogP contribution in [0, 0.1) is 5.92 Å². The fraction of sp³-hybridized carbons (Fsp3) is 0.625. The minimum Gasteiger partial charge on any atom is -0.496 e. The lowest BCUT2D eigenvalue weighted by molar-refractivity contribution is 0.106. The number of methoxy groups -OCH3 is 1. The molecule has 0 spiro atoms. The number of halogens is 1. The number of nitrogens with two attached hydrogens (primary N) is 1. The molecular weight excluding hydrogens is 316 g/mol. The normalized spacial score (nSPS) is 23.8. The summed E-state index contributed by atoms with van der Waals surface area (Å²) in [5.74, 6) is 1.80. The van der Waals surface area contributed by atoms with Gasteiger partial charge in [0.05, 0.1) is 7.11 Å². The number of ether oxygens (including phenoxy) is 1. The van der Waals surface area contributed by atoms with Gasteiger partial charge in [-0.2, -0.15) is 0 Å². The SMILES string of the molecule is CCC1CCN(Cc2cc(Br)ccc2OC)C(CN)C1. The molecule has 1 heterocycles. The lowest BCUT2D eigenvalue weighted by atomic mass is 9.88. The Kier molecular flexibility index (Phi) is 5.87. The molecule has 2 N–H and O–H groups in total. The molecule has 1 saturated heterocycles. The monoisotopic (exact) mass is 340 g/mol. The second-order valence-electron chi connectivity index (χ2n) is 5.61. The Bertz CT molecular complexity index is 438. The molecule has 4 heteroatoms. The first-order valence-corrected chi connectivity index (χ1v) is 8.23. The topological polar surface area (TPSA) is 38.5 Å². The summed E-state index contributed by atoms with van der Waals surface area (Å²) >= 11 is 3.54. The van der Waals surface area contributed by atoms with E-state index in [4.69, 9.17) is 10.5 Å². The Hall–Kier alpha value is -0.580. The third-order valence-electron chi connectivity index (χ3n) is 4.41. The van der Waals surface area contributed by atoms with Crippen LogP contribution in [0.2, 0.25) is 0 Å². The minimum absolute atomic E-state index is 0.498. The molecule has 1 aromatic carbocycles. The molecule has 1 aliphatic rings. The maximum absolute atomic E-state index is 5.98. The highest BCUT2D eigenvalue weighted by Crippen LogP contribution is 2.29. The lowest BCUT2D eigenvalue weighted by Gasteiger charge is -2.39. The lowest BCUT2D eigenvalue weighted by Crippen LogP contribution is -2.46. The minimum atomic E-state index is 0.498. The van der Waals surface area contributed by atoms with E-state index in [0.717, 1.165) is 35.8 Å². The van der Waals surface area contributed by atoms with E-state index < -0.39 is 0 Å². The molecule has 20 heavy (non-hydrogen) atoms. The first kappa shape index (κ1) is 15.8. The van der Waals surface area contributed by atoms with Crippen molar-refractivity contribution in [2.75, 3.05) is 20.2 Å². The smallest absolute Gasteiger partial charge is 0.123 e. The highest BCUT2D eigenvalue weighted by molar-refractivity contribution is 9.10. The van der Waals surface area contributed by atoms with E-state index in [0.29, 0.717) is 6.04 Å². The molecule has 1 aliphatic heterocycles. The number of likely N-dealkylation sites (tertiary alicyclic amines) is 1. The average Bonchev–Trinajstić information content (AvgIpc) is 2.48. The van der Waals surface area contributed by atoms with Crippen LogP contribution in [-0.2, 0) is 6.54 Å². The van der Waals surface area contributed by atoms with Crippen molar-refractivity contribution >= 4 is 15.9 Å². The number of hydrogen-bond donors (Lipinski definition) is 1. The van der Waals surface area contributed by atoms with Crippen molar-refractivity contribution in [2.24, 2.45) is 11.7 Å². The predicted molar refractivity (Wildman–Crippen MR) is 87.0 cm³/mol. The van der Waals surface area contributed by atoms with Crippen molar-refractivity contribution in [3.8, 4) is 5.75 Å². The van der Waals surface area contributed by atoms with Gasteiger partial charge in [-0.1, -0.05) is 29.3 Å². The van der Waals surface area contributed by atoms with Crippen LogP contribution in [-0.4, -0.2) is 31.1 Å². The van der Waals surface area contributed by atoms with Crippen molar-refractivity contribution in [3.63, 3.8) is 0 Å². The summed E-state index contributed by atoms with van der Waals surface area (Å²) in [6, 6.07) is 6.69. The molecular formula is C16H25BrN2O. The second-order valence-corrected chi connectivity index (χ2v) is 6.53. The van der Waals surface area contributed by atoms with E-state index in [2.05, 4.69) is 33.8 Å². The van der Waals surface area contributed by atoms with Crippen LogP contribution in [0.3, 0.4) is 0 Å². The van der Waals surface area contributed by atoms with Gasteiger partial charge in [-0.3, -0.25) is 4.90 Å². The van der Waals surface area contributed by atoms with Gasteiger partial charge in [-0.05, 0) is 43.5 Å². The van der Waals surface area contributed by atoms with Crippen molar-refractivity contribution in [1.29, 1.82) is 0 Å². The molecule has 2 atom stereocenters. The summed E-state index contributed by atoms with van der Waals surface area (Å²) in [7, 11) is 1.73. The maximum Gasteiger partial charge on any atom is 0.123 e. The molecule has 0 radical (unpaired) electrons. The van der Waals surface area contributed by atoms with Gasteiger partial charge in [0.25, 0.3) is 0 Å². The number of nitrogens with zero attached hydrogens (tertiary/aromatic N) is 1. The second kappa shape index (κ2) is 7.43. The standard InChI is InChI=1S/C16H25BrN2O/c1-3-12-6-7-19(15(8-12)10-18)11-13-9-14(17)4-5-16(13)20-2/h4-5,9,12,15H,3,6-8,10-11,18H2,1-2H3. The zero-order valence-corrected chi connectivity index (χ0v) is 14.0. The van der Waals surface area contributed by atoms with Crippen LogP contribution in [0.5, 0.6) is 5.75 Å². The highest BCUT2D eigenvalue weighted by Gasteiger charge is 2.27. The fourth-order valence-electron chi connectivity index (χ4n) is 3.10. The summed E-state index contributed by atoms with van der Waals surface area (Å²) in [5.41, 5.74) is 7.21. The fourth-order valence-corrected chi connectivity index (χ4v) is 3.50. The van der Waals surface area contributed by atoms with Gasteiger partial charge in [-0.15, -0.1) is 0 Å². The van der Waals surface area contributed by atoms with Gasteiger partial charge in [0.15, 0.2) is 0 Å². The van der Waals surface area contributed by atoms with Crippen LogP contribution in [0.1, 0.15) is 31.7 Å². The summed E-state index contributed by atoms with van der Waals surface area (Å²) in [6.07, 6.45) is 3.77. The average molecular weight is 341 g/mol. The Labute approximate surface area is 130 Å². The van der Waals surface area contributed by atoms with E-state index in [9.17, 15) is 0 Å². The zero-order valence-electron chi connectivity index (χ0n) is 12.4. The molecule has 0 aliphatic carbocycles.